The summed E-state index contributed by atoms with van der Waals surface area (Å²) >= 11 is 0. The number of nitro benzene ring substituents is 1. The maximum Gasteiger partial charge on any atom is 0.631 e. The van der Waals surface area contributed by atoms with Crippen LogP contribution in [0.25, 0.3) is 0 Å². The van der Waals surface area contributed by atoms with Crippen molar-refractivity contribution in [2.45, 2.75) is 50.1 Å². The minimum atomic E-state index is -4.35. The second-order valence-electron chi connectivity index (χ2n) is 10.4. The van der Waals surface area contributed by atoms with Crippen LogP contribution in [0.1, 0.15) is 33.6 Å². The predicted molar refractivity (Wildman–Crippen MR) is 141 cm³/mol. The van der Waals surface area contributed by atoms with Crippen LogP contribution in [-0.4, -0.2) is 93.1 Å². The molecule has 0 aromatic heterocycles. The first-order valence-corrected chi connectivity index (χ1v) is 13.9. The van der Waals surface area contributed by atoms with E-state index < -0.39 is 51.6 Å². The van der Waals surface area contributed by atoms with Crippen molar-refractivity contribution in [3.8, 4) is 11.8 Å². The summed E-state index contributed by atoms with van der Waals surface area (Å²) in [6, 6.07) is 4.14. The summed E-state index contributed by atoms with van der Waals surface area (Å²) in [7, 11) is -4.52. The SMILES string of the molecule is CN1CC(=O)OB(C(C#CC2CCN(C(=O)OC(C)(C)C)CC2)NS(=O)(=O)c2ccc([N+](=O)[O-])cc2)OC(=O)C1. The van der Waals surface area contributed by atoms with Gasteiger partial charge in [0.1, 0.15) is 11.5 Å². The summed E-state index contributed by atoms with van der Waals surface area (Å²) < 4.78 is 44.4. The Morgan fingerprint density at radius 2 is 1.70 bits per heavy atom. The number of hydrogen-bond acceptors (Lipinski definition) is 11. The van der Waals surface area contributed by atoms with E-state index in [4.69, 9.17) is 14.0 Å². The second kappa shape index (κ2) is 12.7. The third kappa shape index (κ3) is 8.93. The van der Waals surface area contributed by atoms with Crippen LogP contribution >= 0.6 is 0 Å². The summed E-state index contributed by atoms with van der Waals surface area (Å²) in [6.07, 6.45) is 0.512. The van der Waals surface area contributed by atoms with Gasteiger partial charge in [-0.05, 0) is 52.8 Å². The number of benzene rings is 1. The van der Waals surface area contributed by atoms with Gasteiger partial charge in [-0.1, -0.05) is 11.8 Å². The van der Waals surface area contributed by atoms with E-state index in [1.54, 1.807) is 25.7 Å². The minimum absolute atomic E-state index is 0.232. The fourth-order valence-electron chi connectivity index (χ4n) is 3.87. The van der Waals surface area contributed by atoms with Crippen LogP contribution in [0.5, 0.6) is 0 Å². The average molecular weight is 578 g/mol. The summed E-state index contributed by atoms with van der Waals surface area (Å²) in [5.41, 5.74) is -0.941. The van der Waals surface area contributed by atoms with E-state index in [-0.39, 0.29) is 29.6 Å². The number of non-ortho nitro benzene ring substituents is 1. The molecule has 2 aliphatic rings. The van der Waals surface area contributed by atoms with E-state index in [1.165, 1.54) is 11.9 Å². The lowest BCUT2D eigenvalue weighted by Gasteiger charge is -2.32. The third-order valence-electron chi connectivity index (χ3n) is 5.79. The molecule has 0 spiro atoms. The van der Waals surface area contributed by atoms with Crippen LogP contribution in [0.15, 0.2) is 29.2 Å². The van der Waals surface area contributed by atoms with Crippen molar-refractivity contribution in [1.82, 2.24) is 14.5 Å². The van der Waals surface area contributed by atoms with Gasteiger partial charge in [0.25, 0.3) is 5.69 Å². The molecule has 1 aromatic rings. The van der Waals surface area contributed by atoms with Crippen LogP contribution in [0.3, 0.4) is 0 Å². The van der Waals surface area contributed by atoms with E-state index in [1.807, 2.05) is 0 Å². The van der Waals surface area contributed by atoms with E-state index >= 15 is 0 Å². The zero-order valence-corrected chi connectivity index (χ0v) is 23.4. The number of ether oxygens (including phenoxy) is 1. The standard InChI is InChI=1S/C24H31BN4O10S/c1-24(2,3)37-23(32)28-13-11-17(12-14-28)5-10-20(25-38-21(30)15-27(4)16-22(31)39-25)26-40(35,36)19-8-6-18(7-9-19)29(33)34/h6-9,17,20,26H,11-16H2,1-4H3. The van der Waals surface area contributed by atoms with Gasteiger partial charge in [0.05, 0.1) is 22.9 Å². The Balaban J connectivity index is 1.82. The van der Waals surface area contributed by atoms with E-state index in [0.717, 1.165) is 24.3 Å². The molecular weight excluding hydrogens is 547 g/mol. The number of amides is 1. The fourth-order valence-corrected chi connectivity index (χ4v) is 5.00. The third-order valence-corrected chi connectivity index (χ3v) is 7.25. The molecule has 3 rings (SSSR count). The quantitative estimate of drug-likeness (QED) is 0.228. The number of nitro groups is 1. The highest BCUT2D eigenvalue weighted by Crippen LogP contribution is 2.20. The smallest absolute Gasteiger partial charge is 0.497 e. The zero-order chi connectivity index (χ0) is 29.7. The van der Waals surface area contributed by atoms with Gasteiger partial charge in [-0.3, -0.25) is 24.6 Å². The van der Waals surface area contributed by atoms with Gasteiger partial charge in [-0.2, -0.15) is 4.72 Å². The molecule has 1 amide bonds. The number of likely N-dealkylation sites (tertiary alicyclic amines) is 1. The Hall–Kier alpha value is -3.68. The summed E-state index contributed by atoms with van der Waals surface area (Å²) in [5, 5.41) is 10.9. The van der Waals surface area contributed by atoms with Crippen molar-refractivity contribution in [1.29, 1.82) is 0 Å². The molecule has 0 bridgehead atoms. The number of sulfonamides is 1. The van der Waals surface area contributed by atoms with Crippen LogP contribution in [0.2, 0.25) is 0 Å². The van der Waals surface area contributed by atoms with Crippen LogP contribution in [0.4, 0.5) is 10.5 Å². The fraction of sp³-hybridized carbons (Fsp3) is 0.542. The maximum absolute atomic E-state index is 13.1. The normalized spacial score (nSPS) is 18.4. The van der Waals surface area contributed by atoms with Crippen molar-refractivity contribution >= 4 is 40.9 Å². The largest absolute Gasteiger partial charge is 0.631 e. The predicted octanol–water partition coefficient (Wildman–Crippen LogP) is 0.951. The first kappa shape index (κ1) is 30.9. The Bertz CT molecular complexity index is 1280. The summed E-state index contributed by atoms with van der Waals surface area (Å²) in [6.45, 7) is 5.59. The molecule has 0 aliphatic carbocycles. The number of piperidine rings is 1. The van der Waals surface area contributed by atoms with Gasteiger partial charge >= 0.3 is 25.2 Å². The Kier molecular flexibility index (Phi) is 9.77. The number of likely N-dealkylation sites (N-methyl/N-ethyl adjacent to an activating group) is 1. The molecule has 40 heavy (non-hydrogen) atoms. The highest BCUT2D eigenvalue weighted by molar-refractivity contribution is 7.89. The molecule has 0 radical (unpaired) electrons. The number of hydrogen-bond donors (Lipinski definition) is 1. The Morgan fingerprint density at radius 1 is 1.15 bits per heavy atom. The molecule has 0 saturated carbocycles. The van der Waals surface area contributed by atoms with Crippen molar-refractivity contribution in [3.63, 3.8) is 0 Å². The number of rotatable bonds is 5. The molecule has 2 heterocycles. The topological polar surface area (TPSA) is 175 Å². The van der Waals surface area contributed by atoms with Crippen LogP contribution in [-0.2, 0) is 33.7 Å². The molecule has 216 valence electrons. The molecular formula is C24H31BN4O10S. The molecule has 1 unspecified atom stereocenters. The lowest BCUT2D eigenvalue weighted by Crippen LogP contribution is -2.53. The number of carbonyl (C=O) groups excluding carboxylic acids is 3. The number of nitrogens with one attached hydrogen (secondary N) is 1. The lowest BCUT2D eigenvalue weighted by atomic mass is 9.78. The number of carbonyl (C=O) groups is 3. The first-order chi connectivity index (χ1) is 18.6. The molecule has 1 atom stereocenters. The van der Waals surface area contributed by atoms with Gasteiger partial charge in [0.15, 0.2) is 0 Å². The Morgan fingerprint density at radius 3 is 2.20 bits per heavy atom. The van der Waals surface area contributed by atoms with Crippen molar-refractivity contribution in [3.05, 3.63) is 34.4 Å². The molecule has 16 heteroatoms. The van der Waals surface area contributed by atoms with Gasteiger partial charge in [-0.25, -0.2) is 13.2 Å². The number of nitrogens with zero attached hydrogens (tertiary/aromatic N) is 3. The minimum Gasteiger partial charge on any atom is -0.497 e. The Labute approximate surface area is 232 Å². The van der Waals surface area contributed by atoms with Gasteiger partial charge < -0.3 is 18.9 Å². The summed E-state index contributed by atoms with van der Waals surface area (Å²) in [5.74, 6) is 2.47. The van der Waals surface area contributed by atoms with Crippen LogP contribution in [0, 0.1) is 27.9 Å². The molecule has 2 fully saturated rings. The first-order valence-electron chi connectivity index (χ1n) is 12.5. The van der Waals surface area contributed by atoms with E-state index in [9.17, 15) is 32.9 Å². The van der Waals surface area contributed by atoms with Gasteiger partial charge in [0, 0.05) is 31.1 Å². The molecule has 2 aliphatic heterocycles. The van der Waals surface area contributed by atoms with E-state index in [2.05, 4.69) is 16.6 Å². The maximum atomic E-state index is 13.1. The van der Waals surface area contributed by atoms with Crippen molar-refractivity contribution in [2.75, 3.05) is 33.2 Å². The van der Waals surface area contributed by atoms with E-state index in [0.29, 0.717) is 25.9 Å². The highest BCUT2D eigenvalue weighted by atomic mass is 32.2. The molecule has 1 N–H and O–H groups in total. The zero-order valence-electron chi connectivity index (χ0n) is 22.6. The molecule has 2 saturated heterocycles. The van der Waals surface area contributed by atoms with Crippen molar-refractivity contribution < 1.29 is 41.8 Å². The highest BCUT2D eigenvalue weighted by Gasteiger charge is 2.42. The van der Waals surface area contributed by atoms with Crippen LogP contribution < -0.4 is 4.72 Å². The molecule has 1 aromatic carbocycles. The van der Waals surface area contributed by atoms with Gasteiger partial charge in [-0.15, -0.1) is 0 Å². The monoisotopic (exact) mass is 578 g/mol. The average Bonchev–Trinajstić information content (AvgIpc) is 2.84. The lowest BCUT2D eigenvalue weighted by molar-refractivity contribution is -0.384. The second-order valence-corrected chi connectivity index (χ2v) is 12.1. The summed E-state index contributed by atoms with van der Waals surface area (Å²) in [4.78, 5) is 49.9. The van der Waals surface area contributed by atoms with Gasteiger partial charge in [0.2, 0.25) is 10.0 Å². The molecule has 14 nitrogen and oxygen atoms in total. The van der Waals surface area contributed by atoms with Crippen molar-refractivity contribution in [2.24, 2.45) is 5.92 Å².